The lowest BCUT2D eigenvalue weighted by Gasteiger charge is -2.09. The number of rotatable bonds is 3. The first-order chi connectivity index (χ1) is 10.4. The van der Waals surface area contributed by atoms with E-state index in [9.17, 15) is 13.2 Å². The van der Waals surface area contributed by atoms with E-state index in [0.717, 1.165) is 23.2 Å². The third kappa shape index (κ3) is 3.17. The molecule has 3 nitrogen and oxygen atoms in total. The molecular formula is C15H11ClF3N3. The summed E-state index contributed by atoms with van der Waals surface area (Å²) in [5.74, 6) is 0.481. The molecule has 0 radical (unpaired) electrons. The molecule has 0 atom stereocenters. The van der Waals surface area contributed by atoms with E-state index < -0.39 is 11.7 Å². The highest BCUT2D eigenvalue weighted by Crippen LogP contribution is 2.29. The van der Waals surface area contributed by atoms with Crippen molar-refractivity contribution in [2.24, 2.45) is 0 Å². The van der Waals surface area contributed by atoms with Crippen molar-refractivity contribution in [1.29, 1.82) is 0 Å². The van der Waals surface area contributed by atoms with Crippen molar-refractivity contribution in [2.75, 3.05) is 5.32 Å². The molecule has 0 unspecified atom stereocenters. The van der Waals surface area contributed by atoms with Crippen LogP contribution >= 0.6 is 11.6 Å². The van der Waals surface area contributed by atoms with Crippen molar-refractivity contribution in [3.05, 3.63) is 58.6 Å². The predicted molar refractivity (Wildman–Crippen MR) is 79.9 cm³/mol. The third-order valence-electron chi connectivity index (χ3n) is 3.16. The Kier molecular flexibility index (Phi) is 3.70. The van der Waals surface area contributed by atoms with Crippen LogP contribution in [0.25, 0.3) is 11.0 Å². The minimum atomic E-state index is -4.34. The van der Waals surface area contributed by atoms with Crippen molar-refractivity contribution in [1.82, 2.24) is 9.97 Å². The maximum Gasteiger partial charge on any atom is 0.416 e. The molecule has 3 aromatic rings. The molecule has 1 heterocycles. The number of aromatic amines is 1. The van der Waals surface area contributed by atoms with E-state index in [1.165, 1.54) is 6.07 Å². The van der Waals surface area contributed by atoms with E-state index in [4.69, 9.17) is 11.6 Å². The Morgan fingerprint density at radius 3 is 2.73 bits per heavy atom. The third-order valence-corrected chi connectivity index (χ3v) is 3.39. The van der Waals surface area contributed by atoms with Gasteiger partial charge in [-0.1, -0.05) is 23.7 Å². The maximum absolute atomic E-state index is 12.7. The van der Waals surface area contributed by atoms with Crippen LogP contribution in [-0.2, 0) is 12.7 Å². The summed E-state index contributed by atoms with van der Waals surface area (Å²) in [7, 11) is 0. The topological polar surface area (TPSA) is 40.7 Å². The molecule has 22 heavy (non-hydrogen) atoms. The van der Waals surface area contributed by atoms with Gasteiger partial charge in [0.1, 0.15) is 0 Å². The van der Waals surface area contributed by atoms with Gasteiger partial charge in [-0.3, -0.25) is 0 Å². The van der Waals surface area contributed by atoms with Crippen molar-refractivity contribution < 1.29 is 13.2 Å². The van der Waals surface area contributed by atoms with E-state index in [1.54, 1.807) is 24.3 Å². The minimum absolute atomic E-state index is 0.234. The summed E-state index contributed by atoms with van der Waals surface area (Å²) in [5, 5.41) is 3.56. The molecule has 7 heteroatoms. The molecule has 1 aromatic heterocycles. The lowest BCUT2D eigenvalue weighted by Crippen LogP contribution is -2.07. The van der Waals surface area contributed by atoms with Crippen molar-refractivity contribution in [3.63, 3.8) is 0 Å². The summed E-state index contributed by atoms with van der Waals surface area (Å²) in [6.45, 7) is 0.234. The van der Waals surface area contributed by atoms with Crippen LogP contribution < -0.4 is 5.32 Å². The van der Waals surface area contributed by atoms with Crippen LogP contribution in [0.4, 0.5) is 19.1 Å². The number of imidazole rings is 1. The van der Waals surface area contributed by atoms with Crippen LogP contribution in [0.3, 0.4) is 0 Å². The van der Waals surface area contributed by atoms with Crippen LogP contribution in [0.5, 0.6) is 0 Å². The molecule has 0 saturated heterocycles. The Bertz CT molecular complexity index is 811. The number of aromatic nitrogens is 2. The Hall–Kier alpha value is -2.21. The number of hydrogen-bond acceptors (Lipinski definition) is 2. The van der Waals surface area contributed by atoms with Gasteiger partial charge < -0.3 is 10.3 Å². The van der Waals surface area contributed by atoms with Crippen LogP contribution in [0.15, 0.2) is 42.5 Å². The van der Waals surface area contributed by atoms with Crippen LogP contribution in [-0.4, -0.2) is 9.97 Å². The first-order valence-electron chi connectivity index (χ1n) is 6.47. The second-order valence-corrected chi connectivity index (χ2v) is 5.24. The van der Waals surface area contributed by atoms with E-state index in [-0.39, 0.29) is 6.54 Å². The van der Waals surface area contributed by atoms with Crippen molar-refractivity contribution in [3.8, 4) is 0 Å². The second kappa shape index (κ2) is 5.53. The number of alkyl halides is 3. The van der Waals surface area contributed by atoms with Crippen LogP contribution in [0.1, 0.15) is 11.1 Å². The average Bonchev–Trinajstić information content (AvgIpc) is 2.86. The quantitative estimate of drug-likeness (QED) is 0.723. The number of halogens is 4. The SMILES string of the molecule is FC(F)(F)c1cccc(CNc2nc3ccc(Cl)cc3[nH]2)c1. The lowest BCUT2D eigenvalue weighted by atomic mass is 10.1. The zero-order chi connectivity index (χ0) is 15.7. The number of hydrogen-bond donors (Lipinski definition) is 2. The van der Waals surface area contributed by atoms with Crippen molar-refractivity contribution in [2.45, 2.75) is 12.7 Å². The number of fused-ring (bicyclic) bond motifs is 1. The number of anilines is 1. The van der Waals surface area contributed by atoms with Gasteiger partial charge in [-0.15, -0.1) is 0 Å². The normalized spacial score (nSPS) is 11.8. The van der Waals surface area contributed by atoms with E-state index >= 15 is 0 Å². The highest BCUT2D eigenvalue weighted by molar-refractivity contribution is 6.31. The number of benzene rings is 2. The molecule has 0 amide bonds. The molecule has 0 saturated carbocycles. The fraction of sp³-hybridized carbons (Fsp3) is 0.133. The summed E-state index contributed by atoms with van der Waals surface area (Å²) in [5.41, 5.74) is 1.35. The number of nitrogens with zero attached hydrogens (tertiary/aromatic N) is 1. The molecule has 0 spiro atoms. The van der Waals surface area contributed by atoms with Gasteiger partial charge in [0.15, 0.2) is 0 Å². The van der Waals surface area contributed by atoms with Gasteiger partial charge in [0, 0.05) is 11.6 Å². The first-order valence-corrected chi connectivity index (χ1v) is 6.85. The average molecular weight is 326 g/mol. The van der Waals surface area contributed by atoms with E-state index in [2.05, 4.69) is 15.3 Å². The lowest BCUT2D eigenvalue weighted by molar-refractivity contribution is -0.137. The van der Waals surface area contributed by atoms with E-state index in [1.807, 2.05) is 0 Å². The predicted octanol–water partition coefficient (Wildman–Crippen LogP) is 4.85. The van der Waals surface area contributed by atoms with Gasteiger partial charge in [0.25, 0.3) is 0 Å². The molecule has 0 aliphatic rings. The molecule has 0 aliphatic heterocycles. The Labute approximate surface area is 129 Å². The minimum Gasteiger partial charge on any atom is -0.352 e. The monoisotopic (exact) mass is 325 g/mol. The Balaban J connectivity index is 1.76. The standard InChI is InChI=1S/C15H11ClF3N3/c16-11-4-5-12-13(7-11)22-14(21-12)20-8-9-2-1-3-10(6-9)15(17,18)19/h1-7H,8H2,(H2,20,21,22). The zero-order valence-electron chi connectivity index (χ0n) is 11.2. The maximum atomic E-state index is 12.7. The molecule has 0 bridgehead atoms. The summed E-state index contributed by atoms with van der Waals surface area (Å²) in [6.07, 6.45) is -4.34. The van der Waals surface area contributed by atoms with Gasteiger partial charge in [-0.2, -0.15) is 13.2 Å². The van der Waals surface area contributed by atoms with Crippen LogP contribution in [0.2, 0.25) is 5.02 Å². The highest BCUT2D eigenvalue weighted by atomic mass is 35.5. The van der Waals surface area contributed by atoms with Crippen LogP contribution in [0, 0.1) is 0 Å². The Morgan fingerprint density at radius 2 is 1.95 bits per heavy atom. The van der Waals surface area contributed by atoms with Gasteiger partial charge in [-0.05, 0) is 35.9 Å². The van der Waals surface area contributed by atoms with Gasteiger partial charge in [0.2, 0.25) is 5.95 Å². The van der Waals surface area contributed by atoms with E-state index in [0.29, 0.717) is 16.5 Å². The fourth-order valence-electron chi connectivity index (χ4n) is 2.11. The number of H-pyrrole nitrogens is 1. The molecule has 114 valence electrons. The Morgan fingerprint density at radius 1 is 1.14 bits per heavy atom. The molecule has 2 aromatic carbocycles. The first kappa shape index (κ1) is 14.7. The van der Waals surface area contributed by atoms with Gasteiger partial charge in [-0.25, -0.2) is 4.98 Å². The summed E-state index contributed by atoms with van der Waals surface area (Å²) in [4.78, 5) is 7.32. The smallest absolute Gasteiger partial charge is 0.352 e. The van der Waals surface area contributed by atoms with Crippen molar-refractivity contribution >= 4 is 28.6 Å². The molecular weight excluding hydrogens is 315 g/mol. The molecule has 3 rings (SSSR count). The highest BCUT2D eigenvalue weighted by Gasteiger charge is 2.30. The van der Waals surface area contributed by atoms with Gasteiger partial charge >= 0.3 is 6.18 Å². The fourth-order valence-corrected chi connectivity index (χ4v) is 2.28. The zero-order valence-corrected chi connectivity index (χ0v) is 12.0. The summed E-state index contributed by atoms with van der Waals surface area (Å²) >= 11 is 5.89. The summed E-state index contributed by atoms with van der Waals surface area (Å²) < 4.78 is 38.0. The molecule has 2 N–H and O–H groups in total. The second-order valence-electron chi connectivity index (χ2n) is 4.80. The van der Waals surface area contributed by atoms with Gasteiger partial charge in [0.05, 0.1) is 16.6 Å². The number of nitrogens with one attached hydrogen (secondary N) is 2. The largest absolute Gasteiger partial charge is 0.416 e. The molecule has 0 fully saturated rings. The molecule has 0 aliphatic carbocycles. The summed E-state index contributed by atoms with van der Waals surface area (Å²) in [6, 6.07) is 10.4.